The molecule has 1 fully saturated rings. The predicted molar refractivity (Wildman–Crippen MR) is 66.9 cm³/mol. The van der Waals surface area contributed by atoms with Gasteiger partial charge in [0.05, 0.1) is 13.2 Å². The molecule has 1 N–H and O–H groups in total. The van der Waals surface area contributed by atoms with E-state index >= 15 is 0 Å². The summed E-state index contributed by atoms with van der Waals surface area (Å²) in [5.41, 5.74) is 0. The number of urea groups is 2. The van der Waals surface area contributed by atoms with Crippen LogP contribution >= 0.6 is 12.1 Å². The van der Waals surface area contributed by atoms with Crippen molar-refractivity contribution in [2.24, 2.45) is 0 Å². The molecule has 1 aliphatic heterocycles. The summed E-state index contributed by atoms with van der Waals surface area (Å²) in [6, 6.07) is -1.20. The minimum Gasteiger partial charge on any atom is -0.261 e. The number of imide groups is 1. The fourth-order valence-electron chi connectivity index (χ4n) is 1.11. The monoisotopic (exact) mass is 277 g/mol. The summed E-state index contributed by atoms with van der Waals surface area (Å²) in [4.78, 5) is 33.6. The molecule has 1 rings (SSSR count). The van der Waals surface area contributed by atoms with Crippen LogP contribution in [0.3, 0.4) is 0 Å². The minimum atomic E-state index is -0.615. The van der Waals surface area contributed by atoms with Gasteiger partial charge in [0.15, 0.2) is 0 Å². The maximum Gasteiger partial charge on any atom is 0.389 e. The van der Waals surface area contributed by atoms with E-state index in [4.69, 9.17) is 9.68 Å². The van der Waals surface area contributed by atoms with Crippen molar-refractivity contribution < 1.29 is 19.3 Å². The number of nitrogens with zero attached hydrogens (tertiary/aromatic N) is 2. The molecule has 0 bridgehead atoms. The standard InChI is InChI=1S/C10H19N3O4S/c1-3-5-7-16-12-9(14)11-18-13(10(12)15)17-8-6-4-2/h3-8H2,1-2H3,(H,11,14). The summed E-state index contributed by atoms with van der Waals surface area (Å²) in [5, 5.41) is 0.693. The Balaban J connectivity index is 2.43. The topological polar surface area (TPSA) is 71.1 Å². The smallest absolute Gasteiger partial charge is 0.261 e. The molecule has 7 nitrogen and oxygen atoms in total. The van der Waals surface area contributed by atoms with Crippen LogP contribution in [-0.2, 0) is 9.68 Å². The van der Waals surface area contributed by atoms with E-state index in [0.29, 0.717) is 18.3 Å². The molecule has 18 heavy (non-hydrogen) atoms. The van der Waals surface area contributed by atoms with Crippen molar-refractivity contribution in [3.8, 4) is 0 Å². The van der Waals surface area contributed by atoms with Crippen molar-refractivity contribution in [1.82, 2.24) is 14.3 Å². The van der Waals surface area contributed by atoms with Crippen molar-refractivity contribution in [2.75, 3.05) is 13.2 Å². The van der Waals surface area contributed by atoms with Gasteiger partial charge in [-0.1, -0.05) is 26.7 Å². The van der Waals surface area contributed by atoms with Crippen LogP contribution in [0.4, 0.5) is 9.59 Å². The van der Waals surface area contributed by atoms with Gasteiger partial charge in [-0.05, 0) is 12.8 Å². The molecule has 0 atom stereocenters. The van der Waals surface area contributed by atoms with E-state index in [1.54, 1.807) is 0 Å². The number of carbonyl (C=O) groups is 2. The van der Waals surface area contributed by atoms with E-state index in [1.165, 1.54) is 0 Å². The number of hydrogen-bond donors (Lipinski definition) is 1. The lowest BCUT2D eigenvalue weighted by Gasteiger charge is -2.30. The quantitative estimate of drug-likeness (QED) is 0.545. The van der Waals surface area contributed by atoms with Crippen LogP contribution in [0.25, 0.3) is 0 Å². The summed E-state index contributed by atoms with van der Waals surface area (Å²) in [6.07, 6.45) is 3.51. The first-order chi connectivity index (χ1) is 8.70. The highest BCUT2D eigenvalue weighted by molar-refractivity contribution is 7.96. The first-order valence-corrected chi connectivity index (χ1v) is 6.85. The van der Waals surface area contributed by atoms with E-state index in [9.17, 15) is 9.59 Å². The van der Waals surface area contributed by atoms with Gasteiger partial charge in [0.25, 0.3) is 0 Å². The Morgan fingerprint density at radius 2 is 1.72 bits per heavy atom. The normalized spacial score (nSPS) is 16.1. The Morgan fingerprint density at radius 3 is 2.33 bits per heavy atom. The molecule has 0 saturated carbocycles. The van der Waals surface area contributed by atoms with Crippen LogP contribution in [0, 0.1) is 0 Å². The minimum absolute atomic E-state index is 0.323. The molecule has 0 aliphatic carbocycles. The molecule has 0 aromatic carbocycles. The number of unbranched alkanes of at least 4 members (excludes halogenated alkanes) is 2. The van der Waals surface area contributed by atoms with Gasteiger partial charge in [-0.3, -0.25) is 14.4 Å². The van der Waals surface area contributed by atoms with Gasteiger partial charge in [0.1, 0.15) is 12.1 Å². The van der Waals surface area contributed by atoms with Gasteiger partial charge in [0.2, 0.25) is 0 Å². The second-order valence-electron chi connectivity index (χ2n) is 3.71. The largest absolute Gasteiger partial charge is 0.389 e. The predicted octanol–water partition coefficient (Wildman–Crippen LogP) is 2.46. The SMILES string of the molecule is CCCCON1SNC(=O)N(OCCCC)C1=O. The van der Waals surface area contributed by atoms with Gasteiger partial charge >= 0.3 is 12.1 Å². The molecule has 0 radical (unpaired) electrons. The number of rotatable bonds is 8. The highest BCUT2D eigenvalue weighted by Crippen LogP contribution is 2.18. The number of amides is 4. The van der Waals surface area contributed by atoms with E-state index in [1.807, 2.05) is 13.8 Å². The van der Waals surface area contributed by atoms with Crippen LogP contribution in [-0.4, -0.2) is 34.8 Å². The maximum atomic E-state index is 11.8. The lowest BCUT2D eigenvalue weighted by Crippen LogP contribution is -2.52. The van der Waals surface area contributed by atoms with Crippen LogP contribution in [0.5, 0.6) is 0 Å². The highest BCUT2D eigenvalue weighted by atomic mass is 32.2. The molecular formula is C10H19N3O4S. The van der Waals surface area contributed by atoms with Crippen LogP contribution in [0.1, 0.15) is 39.5 Å². The summed E-state index contributed by atoms with van der Waals surface area (Å²) >= 11 is 0.813. The average Bonchev–Trinajstić information content (AvgIpc) is 2.36. The first kappa shape index (κ1) is 15.1. The average molecular weight is 277 g/mol. The zero-order valence-corrected chi connectivity index (χ0v) is 11.5. The molecule has 0 unspecified atom stereocenters. The zero-order valence-electron chi connectivity index (χ0n) is 10.7. The van der Waals surface area contributed by atoms with Gasteiger partial charge in [-0.2, -0.15) is 0 Å². The summed E-state index contributed by atoms with van der Waals surface area (Å²) in [6.45, 7) is 4.77. The maximum absolute atomic E-state index is 11.8. The van der Waals surface area contributed by atoms with Gasteiger partial charge in [-0.25, -0.2) is 9.59 Å². The Bertz CT molecular complexity index is 290. The van der Waals surface area contributed by atoms with Crippen LogP contribution < -0.4 is 4.72 Å². The van der Waals surface area contributed by atoms with Crippen molar-refractivity contribution in [2.45, 2.75) is 39.5 Å². The molecule has 4 amide bonds. The Kier molecular flexibility index (Phi) is 6.84. The second-order valence-corrected chi connectivity index (χ2v) is 4.42. The number of nitrogens with one attached hydrogen (secondary N) is 1. The zero-order chi connectivity index (χ0) is 13.4. The molecule has 0 aromatic rings. The number of hydrogen-bond acceptors (Lipinski definition) is 5. The molecule has 8 heteroatoms. The molecule has 0 aromatic heterocycles. The lowest BCUT2D eigenvalue weighted by molar-refractivity contribution is -0.124. The summed E-state index contributed by atoms with van der Waals surface area (Å²) in [7, 11) is 0. The summed E-state index contributed by atoms with van der Waals surface area (Å²) in [5.74, 6) is 0. The Hall–Kier alpha value is -0.990. The highest BCUT2D eigenvalue weighted by Gasteiger charge is 2.35. The third kappa shape index (κ3) is 4.35. The van der Waals surface area contributed by atoms with E-state index in [2.05, 4.69) is 4.72 Å². The van der Waals surface area contributed by atoms with Crippen LogP contribution in [0.15, 0.2) is 0 Å². The summed E-state index contributed by atoms with van der Waals surface area (Å²) < 4.78 is 3.44. The first-order valence-electron chi connectivity index (χ1n) is 6.07. The van der Waals surface area contributed by atoms with E-state index in [0.717, 1.165) is 42.3 Å². The molecule has 1 aliphatic rings. The molecule has 104 valence electrons. The Morgan fingerprint density at radius 1 is 1.11 bits per heavy atom. The fraction of sp³-hybridized carbons (Fsp3) is 0.800. The number of hydroxylamine groups is 3. The van der Waals surface area contributed by atoms with Gasteiger partial charge in [0, 0.05) is 0 Å². The molecule has 1 saturated heterocycles. The molecule has 0 spiro atoms. The second kappa shape index (κ2) is 8.17. The van der Waals surface area contributed by atoms with Crippen molar-refractivity contribution in [1.29, 1.82) is 0 Å². The van der Waals surface area contributed by atoms with Crippen LogP contribution in [0.2, 0.25) is 0 Å². The molecular weight excluding hydrogens is 258 g/mol. The third-order valence-electron chi connectivity index (χ3n) is 2.15. The molecule has 1 heterocycles. The third-order valence-corrected chi connectivity index (χ3v) is 2.85. The van der Waals surface area contributed by atoms with E-state index in [-0.39, 0.29) is 0 Å². The number of carbonyl (C=O) groups excluding carboxylic acids is 2. The van der Waals surface area contributed by atoms with Crippen molar-refractivity contribution in [3.05, 3.63) is 0 Å². The fourth-order valence-corrected chi connectivity index (χ4v) is 1.63. The van der Waals surface area contributed by atoms with Gasteiger partial charge < -0.3 is 0 Å². The van der Waals surface area contributed by atoms with Gasteiger partial charge in [-0.15, -0.1) is 9.53 Å². The van der Waals surface area contributed by atoms with E-state index < -0.39 is 12.1 Å². The lowest BCUT2D eigenvalue weighted by atomic mass is 10.4. The van der Waals surface area contributed by atoms with Crippen molar-refractivity contribution in [3.63, 3.8) is 0 Å². The Labute approximate surface area is 111 Å². The van der Waals surface area contributed by atoms with Crippen molar-refractivity contribution >= 4 is 24.2 Å².